The third-order valence-electron chi connectivity index (χ3n) is 3.86. The zero-order valence-corrected chi connectivity index (χ0v) is 14.3. The molecule has 1 unspecified atom stereocenters. The maximum absolute atomic E-state index is 12.7. The molecule has 0 radical (unpaired) electrons. The molecule has 0 aromatic carbocycles. The summed E-state index contributed by atoms with van der Waals surface area (Å²) < 4.78 is 1.57. The van der Waals surface area contributed by atoms with Crippen LogP contribution < -0.4 is 5.32 Å². The topological polar surface area (TPSA) is 72.2 Å². The van der Waals surface area contributed by atoms with Gasteiger partial charge in [-0.15, -0.1) is 11.3 Å². The fourth-order valence-corrected chi connectivity index (χ4v) is 3.26. The van der Waals surface area contributed by atoms with Gasteiger partial charge in [-0.05, 0) is 12.0 Å². The Labute approximate surface area is 148 Å². The molecule has 0 fully saturated rings. The van der Waals surface area contributed by atoms with E-state index in [1.807, 2.05) is 18.2 Å². The summed E-state index contributed by atoms with van der Waals surface area (Å²) in [6.45, 7) is 2.12. The molecule has 0 bridgehead atoms. The normalized spacial score (nSPS) is 16.7. The highest BCUT2D eigenvalue weighted by Crippen LogP contribution is 2.30. The number of carbonyl (C=O) groups is 1. The van der Waals surface area contributed by atoms with Crippen molar-refractivity contribution in [3.63, 3.8) is 0 Å². The van der Waals surface area contributed by atoms with E-state index in [9.17, 15) is 4.79 Å². The van der Waals surface area contributed by atoms with E-state index in [-0.39, 0.29) is 5.91 Å². The lowest BCUT2D eigenvalue weighted by molar-refractivity contribution is 0.102. The number of rotatable bonds is 3. The maximum atomic E-state index is 12.7. The molecule has 4 rings (SSSR count). The lowest BCUT2D eigenvalue weighted by Crippen LogP contribution is -2.12. The van der Waals surface area contributed by atoms with E-state index in [2.05, 4.69) is 39.5 Å². The summed E-state index contributed by atoms with van der Waals surface area (Å²) in [5.41, 5.74) is 4.41. The fraction of sp³-hybridized carbons (Fsp3) is 0.111. The summed E-state index contributed by atoms with van der Waals surface area (Å²) in [4.78, 5) is 21.3. The molecule has 0 saturated carbocycles. The van der Waals surface area contributed by atoms with Crippen LogP contribution in [0.5, 0.6) is 0 Å². The second kappa shape index (κ2) is 6.45. The van der Waals surface area contributed by atoms with Crippen molar-refractivity contribution < 1.29 is 4.79 Å². The first-order chi connectivity index (χ1) is 12.2. The molecule has 1 atom stereocenters. The molecule has 1 aliphatic carbocycles. The first-order valence-corrected chi connectivity index (χ1v) is 8.70. The van der Waals surface area contributed by atoms with Gasteiger partial charge in [0.05, 0.1) is 11.7 Å². The molecule has 0 saturated heterocycles. The summed E-state index contributed by atoms with van der Waals surface area (Å²) in [6.07, 6.45) is 15.2. The summed E-state index contributed by atoms with van der Waals surface area (Å²) in [6, 6.07) is 1.77. The highest BCUT2D eigenvalue weighted by Gasteiger charge is 2.17. The van der Waals surface area contributed by atoms with Gasteiger partial charge >= 0.3 is 0 Å². The quantitative estimate of drug-likeness (QED) is 0.784. The second-order valence-electron chi connectivity index (χ2n) is 5.66. The molecule has 6 nitrogen and oxygen atoms in total. The summed E-state index contributed by atoms with van der Waals surface area (Å²) >= 11 is 1.39. The molecular formula is C18H15N5OS. The van der Waals surface area contributed by atoms with Crippen LogP contribution in [0.1, 0.15) is 23.0 Å². The zero-order valence-electron chi connectivity index (χ0n) is 13.5. The first kappa shape index (κ1) is 15.5. The smallest absolute Gasteiger partial charge is 0.261 e. The van der Waals surface area contributed by atoms with E-state index in [1.165, 1.54) is 17.5 Å². The molecule has 124 valence electrons. The number of nitrogens with zero attached hydrogens (tertiary/aromatic N) is 4. The van der Waals surface area contributed by atoms with Gasteiger partial charge in [0.2, 0.25) is 0 Å². The fourth-order valence-electron chi connectivity index (χ4n) is 2.57. The highest BCUT2D eigenvalue weighted by atomic mass is 32.1. The highest BCUT2D eigenvalue weighted by molar-refractivity contribution is 7.14. The van der Waals surface area contributed by atoms with Gasteiger partial charge in [-0.3, -0.25) is 4.79 Å². The van der Waals surface area contributed by atoms with Crippen molar-refractivity contribution >= 4 is 33.5 Å². The number of hydrogen-bond donors (Lipinski definition) is 1. The molecule has 3 aromatic rings. The van der Waals surface area contributed by atoms with Crippen molar-refractivity contribution in [2.45, 2.75) is 6.92 Å². The number of amides is 1. The molecule has 0 aliphatic heterocycles. The first-order valence-electron chi connectivity index (χ1n) is 7.82. The average molecular weight is 349 g/mol. The minimum atomic E-state index is -0.249. The van der Waals surface area contributed by atoms with Crippen LogP contribution >= 0.6 is 11.3 Å². The number of nitrogens with one attached hydrogen (secondary N) is 1. The lowest BCUT2D eigenvalue weighted by atomic mass is 10.1. The molecule has 7 heteroatoms. The number of allylic oxidation sites excluding steroid dienone is 6. The van der Waals surface area contributed by atoms with E-state index in [4.69, 9.17) is 0 Å². The van der Waals surface area contributed by atoms with E-state index >= 15 is 0 Å². The Balaban J connectivity index is 1.63. The number of aromatic nitrogens is 4. The van der Waals surface area contributed by atoms with Crippen molar-refractivity contribution in [1.82, 2.24) is 19.6 Å². The van der Waals surface area contributed by atoms with Crippen molar-refractivity contribution in [1.29, 1.82) is 0 Å². The number of fused-ring (bicyclic) bond motifs is 1. The van der Waals surface area contributed by atoms with E-state index in [0.717, 1.165) is 11.3 Å². The van der Waals surface area contributed by atoms with Crippen molar-refractivity contribution in [2.24, 2.45) is 5.92 Å². The van der Waals surface area contributed by atoms with Crippen LogP contribution in [0.4, 0.5) is 5.00 Å². The number of carbonyl (C=O) groups excluding carboxylic acids is 1. The molecule has 3 heterocycles. The van der Waals surface area contributed by atoms with Crippen molar-refractivity contribution in [3.05, 3.63) is 71.8 Å². The van der Waals surface area contributed by atoms with Gasteiger partial charge in [0, 0.05) is 18.0 Å². The van der Waals surface area contributed by atoms with Gasteiger partial charge in [-0.25, -0.2) is 14.5 Å². The third kappa shape index (κ3) is 3.01. The van der Waals surface area contributed by atoms with E-state index < -0.39 is 0 Å². The van der Waals surface area contributed by atoms with Crippen molar-refractivity contribution in [2.75, 3.05) is 5.32 Å². The molecule has 1 amide bonds. The minimum absolute atomic E-state index is 0.249. The maximum Gasteiger partial charge on any atom is 0.261 e. The monoisotopic (exact) mass is 349 g/mol. The van der Waals surface area contributed by atoms with Crippen LogP contribution in [0.15, 0.2) is 60.5 Å². The zero-order chi connectivity index (χ0) is 17.2. The van der Waals surface area contributed by atoms with Gasteiger partial charge in [0.25, 0.3) is 5.91 Å². The predicted octanol–water partition coefficient (Wildman–Crippen LogP) is 3.58. The van der Waals surface area contributed by atoms with Gasteiger partial charge in [0.15, 0.2) is 5.65 Å². The summed E-state index contributed by atoms with van der Waals surface area (Å²) in [5.74, 6) is 0.122. The van der Waals surface area contributed by atoms with Crippen LogP contribution in [0.25, 0.3) is 11.2 Å². The standard InChI is InChI=1S/C18H15N5OS/c1-12-4-2-5-13(7-6-12)15-18(25-11-20-15)22-17(24)14-10-21-23-9-3-8-19-16(14)23/h2-12H,1H3,(H,22,24). The van der Waals surface area contributed by atoms with Crippen LogP contribution in [-0.2, 0) is 0 Å². The summed E-state index contributed by atoms with van der Waals surface area (Å²) in [7, 11) is 0. The molecule has 3 aromatic heterocycles. The average Bonchev–Trinajstić information content (AvgIpc) is 3.19. The molecule has 1 aliphatic rings. The van der Waals surface area contributed by atoms with Crippen LogP contribution in [0.3, 0.4) is 0 Å². The van der Waals surface area contributed by atoms with Crippen molar-refractivity contribution in [3.8, 4) is 0 Å². The Hall–Kier alpha value is -3.06. The second-order valence-corrected chi connectivity index (χ2v) is 6.51. The Morgan fingerprint density at radius 3 is 3.16 bits per heavy atom. The van der Waals surface area contributed by atoms with Gasteiger partial charge in [-0.2, -0.15) is 5.10 Å². The molecule has 0 spiro atoms. The number of anilines is 1. The molecule has 1 N–H and O–H groups in total. The number of thiazole rings is 1. The third-order valence-corrected chi connectivity index (χ3v) is 4.60. The van der Waals surface area contributed by atoms with E-state index in [1.54, 1.807) is 28.5 Å². The largest absolute Gasteiger partial charge is 0.312 e. The predicted molar refractivity (Wildman–Crippen MR) is 98.5 cm³/mol. The van der Waals surface area contributed by atoms with Gasteiger partial charge < -0.3 is 5.32 Å². The Morgan fingerprint density at radius 1 is 1.32 bits per heavy atom. The number of hydrogen-bond acceptors (Lipinski definition) is 5. The Bertz CT molecular complexity index is 1030. The Kier molecular flexibility index (Phi) is 3.99. The molecular weight excluding hydrogens is 334 g/mol. The van der Waals surface area contributed by atoms with Crippen LogP contribution in [0.2, 0.25) is 0 Å². The molecule has 25 heavy (non-hydrogen) atoms. The minimum Gasteiger partial charge on any atom is -0.312 e. The lowest BCUT2D eigenvalue weighted by Gasteiger charge is -2.05. The Morgan fingerprint density at radius 2 is 2.24 bits per heavy atom. The van der Waals surface area contributed by atoms with Crippen LogP contribution in [0, 0.1) is 5.92 Å². The van der Waals surface area contributed by atoms with Gasteiger partial charge in [-0.1, -0.05) is 37.3 Å². The SMILES string of the molecule is CC1C=CC=C(c2ncsc2NC(=O)c2cnn3cccnc23)C=C1. The van der Waals surface area contributed by atoms with Gasteiger partial charge in [0.1, 0.15) is 16.3 Å². The van der Waals surface area contributed by atoms with E-state index in [0.29, 0.717) is 22.1 Å². The van der Waals surface area contributed by atoms with Crippen LogP contribution in [-0.4, -0.2) is 25.5 Å². The summed E-state index contributed by atoms with van der Waals surface area (Å²) in [5, 5.41) is 7.80.